The summed E-state index contributed by atoms with van der Waals surface area (Å²) in [5.74, 6) is -0.148. The number of benzene rings is 1. The molecule has 0 unspecified atom stereocenters. The summed E-state index contributed by atoms with van der Waals surface area (Å²) < 4.78 is 0. The number of aromatic nitrogens is 1. The number of aromatic hydroxyl groups is 1. The van der Waals surface area contributed by atoms with Crippen molar-refractivity contribution < 1.29 is 9.90 Å². The zero-order valence-electron chi connectivity index (χ0n) is 9.10. The Balaban J connectivity index is 2.18. The van der Waals surface area contributed by atoms with Crippen LogP contribution in [0, 0.1) is 6.92 Å². The zero-order chi connectivity index (χ0) is 12.4. The quantitative estimate of drug-likeness (QED) is 0.710. The zero-order valence-corrected chi connectivity index (χ0v) is 9.91. The van der Waals surface area contributed by atoms with Gasteiger partial charge in [-0.2, -0.15) is 0 Å². The van der Waals surface area contributed by atoms with E-state index in [1.165, 1.54) is 17.4 Å². The summed E-state index contributed by atoms with van der Waals surface area (Å²) in [6.45, 7) is 1.80. The van der Waals surface area contributed by atoms with Gasteiger partial charge >= 0.3 is 0 Å². The van der Waals surface area contributed by atoms with Crippen molar-refractivity contribution in [2.24, 2.45) is 0 Å². The minimum atomic E-state index is -0.313. The first-order valence-electron chi connectivity index (χ1n) is 4.88. The largest absolute Gasteiger partial charge is 0.508 e. The fourth-order valence-electron chi connectivity index (χ4n) is 1.37. The highest BCUT2D eigenvalue weighted by atomic mass is 32.1. The number of phenolic OH excluding ortho intramolecular Hbond substituents is 1. The molecule has 0 aliphatic carbocycles. The highest BCUT2D eigenvalue weighted by Crippen LogP contribution is 2.21. The molecule has 6 heteroatoms. The Bertz CT molecular complexity index is 566. The SMILES string of the molecule is Cc1cc(O)ccc1NC(=O)c1csc(N)n1. The van der Waals surface area contributed by atoms with Gasteiger partial charge in [-0.1, -0.05) is 0 Å². The van der Waals surface area contributed by atoms with E-state index in [0.717, 1.165) is 5.56 Å². The first-order chi connectivity index (χ1) is 8.06. The maximum Gasteiger partial charge on any atom is 0.275 e. The molecule has 4 N–H and O–H groups in total. The van der Waals surface area contributed by atoms with Gasteiger partial charge in [-0.3, -0.25) is 4.79 Å². The summed E-state index contributed by atoms with van der Waals surface area (Å²) in [5.41, 5.74) is 7.16. The number of thiazole rings is 1. The Labute approximate surface area is 102 Å². The second kappa shape index (κ2) is 4.42. The summed E-state index contributed by atoms with van der Waals surface area (Å²) in [4.78, 5) is 15.7. The van der Waals surface area contributed by atoms with Gasteiger partial charge < -0.3 is 16.2 Å². The summed E-state index contributed by atoms with van der Waals surface area (Å²) in [7, 11) is 0. The Morgan fingerprint density at radius 3 is 2.88 bits per heavy atom. The van der Waals surface area contributed by atoms with Gasteiger partial charge in [0.2, 0.25) is 0 Å². The number of nitrogens with zero attached hydrogens (tertiary/aromatic N) is 1. The van der Waals surface area contributed by atoms with E-state index in [0.29, 0.717) is 16.5 Å². The predicted molar refractivity (Wildman–Crippen MR) is 67.3 cm³/mol. The summed E-state index contributed by atoms with van der Waals surface area (Å²) >= 11 is 1.22. The molecule has 5 nitrogen and oxygen atoms in total. The van der Waals surface area contributed by atoms with Crippen LogP contribution in [0.4, 0.5) is 10.8 Å². The van der Waals surface area contributed by atoms with E-state index in [9.17, 15) is 9.90 Å². The number of nitrogens with two attached hydrogens (primary N) is 1. The van der Waals surface area contributed by atoms with Crippen LogP contribution in [0.3, 0.4) is 0 Å². The molecule has 0 atom stereocenters. The number of phenols is 1. The van der Waals surface area contributed by atoms with Crippen molar-refractivity contribution in [3.8, 4) is 5.75 Å². The van der Waals surface area contributed by atoms with Crippen LogP contribution in [-0.4, -0.2) is 16.0 Å². The van der Waals surface area contributed by atoms with Gasteiger partial charge in [0.05, 0.1) is 0 Å². The fraction of sp³-hybridized carbons (Fsp3) is 0.0909. The molecule has 0 fully saturated rings. The number of hydrogen-bond acceptors (Lipinski definition) is 5. The lowest BCUT2D eigenvalue weighted by Gasteiger charge is -2.07. The Morgan fingerprint density at radius 2 is 2.29 bits per heavy atom. The molecule has 1 aromatic heterocycles. The normalized spacial score (nSPS) is 10.2. The maximum absolute atomic E-state index is 11.8. The van der Waals surface area contributed by atoms with Crippen LogP contribution >= 0.6 is 11.3 Å². The van der Waals surface area contributed by atoms with E-state index >= 15 is 0 Å². The highest BCUT2D eigenvalue weighted by Gasteiger charge is 2.11. The molecule has 1 amide bonds. The van der Waals surface area contributed by atoms with Crippen LogP contribution in [0.5, 0.6) is 5.75 Å². The van der Waals surface area contributed by atoms with Crippen molar-refractivity contribution in [2.75, 3.05) is 11.1 Å². The molecule has 88 valence electrons. The number of anilines is 2. The number of nitrogen functional groups attached to an aromatic ring is 1. The molecule has 0 saturated carbocycles. The topological polar surface area (TPSA) is 88.2 Å². The number of carbonyl (C=O) groups excluding carboxylic acids is 1. The van der Waals surface area contributed by atoms with Crippen LogP contribution in [-0.2, 0) is 0 Å². The lowest BCUT2D eigenvalue weighted by Crippen LogP contribution is -2.13. The van der Waals surface area contributed by atoms with Crippen LogP contribution < -0.4 is 11.1 Å². The van der Waals surface area contributed by atoms with Crippen LogP contribution in [0.2, 0.25) is 0 Å². The Hall–Kier alpha value is -2.08. The summed E-state index contributed by atoms with van der Waals surface area (Å²) in [6.07, 6.45) is 0. The average molecular weight is 249 g/mol. The maximum atomic E-state index is 11.8. The predicted octanol–water partition coefficient (Wildman–Crippen LogP) is 1.99. The minimum absolute atomic E-state index is 0.165. The van der Waals surface area contributed by atoms with Crippen LogP contribution in [0.1, 0.15) is 16.1 Å². The minimum Gasteiger partial charge on any atom is -0.508 e. The number of rotatable bonds is 2. The van der Waals surface area contributed by atoms with Gasteiger partial charge in [-0.05, 0) is 30.7 Å². The summed E-state index contributed by atoms with van der Waals surface area (Å²) in [6, 6.07) is 4.72. The summed E-state index contributed by atoms with van der Waals surface area (Å²) in [5, 5.41) is 13.9. The third kappa shape index (κ3) is 2.54. The molecule has 0 aliphatic heterocycles. The number of carbonyl (C=O) groups is 1. The number of aryl methyl sites for hydroxylation is 1. The van der Waals surface area contributed by atoms with Crippen molar-refractivity contribution in [1.29, 1.82) is 0 Å². The van der Waals surface area contributed by atoms with Gasteiger partial charge in [0.1, 0.15) is 11.4 Å². The number of amides is 1. The molecule has 0 saturated heterocycles. The van der Waals surface area contributed by atoms with E-state index < -0.39 is 0 Å². The van der Waals surface area contributed by atoms with Gasteiger partial charge in [0, 0.05) is 11.1 Å². The lowest BCUT2D eigenvalue weighted by atomic mass is 10.2. The molecule has 2 rings (SSSR count). The molecule has 0 bridgehead atoms. The smallest absolute Gasteiger partial charge is 0.275 e. The van der Waals surface area contributed by atoms with Crippen LogP contribution in [0.25, 0.3) is 0 Å². The van der Waals surface area contributed by atoms with E-state index in [2.05, 4.69) is 10.3 Å². The Morgan fingerprint density at radius 1 is 1.53 bits per heavy atom. The van der Waals surface area contributed by atoms with E-state index in [1.54, 1.807) is 24.4 Å². The average Bonchev–Trinajstić information content (AvgIpc) is 2.69. The van der Waals surface area contributed by atoms with Gasteiger partial charge in [0.25, 0.3) is 5.91 Å². The third-order valence-electron chi connectivity index (χ3n) is 2.21. The van der Waals surface area contributed by atoms with E-state index in [1.807, 2.05) is 0 Å². The Kier molecular flexibility index (Phi) is 2.97. The third-order valence-corrected chi connectivity index (χ3v) is 2.89. The standard InChI is InChI=1S/C11H11N3O2S/c1-6-4-7(15)2-3-8(6)13-10(16)9-5-17-11(12)14-9/h2-5,15H,1H3,(H2,12,14)(H,13,16). The monoisotopic (exact) mass is 249 g/mol. The van der Waals surface area contributed by atoms with Crippen LogP contribution in [0.15, 0.2) is 23.6 Å². The molecule has 0 radical (unpaired) electrons. The second-order valence-electron chi connectivity index (χ2n) is 3.52. The van der Waals surface area contributed by atoms with E-state index in [4.69, 9.17) is 5.73 Å². The van der Waals surface area contributed by atoms with Gasteiger partial charge in [-0.25, -0.2) is 4.98 Å². The number of nitrogens with one attached hydrogen (secondary N) is 1. The fourth-order valence-corrected chi connectivity index (χ4v) is 1.91. The molecule has 1 heterocycles. The molecule has 1 aromatic carbocycles. The lowest BCUT2D eigenvalue weighted by molar-refractivity contribution is 0.102. The molecule has 17 heavy (non-hydrogen) atoms. The van der Waals surface area contributed by atoms with Crippen molar-refractivity contribution in [1.82, 2.24) is 4.98 Å². The molecular formula is C11H11N3O2S. The van der Waals surface area contributed by atoms with Gasteiger partial charge in [0.15, 0.2) is 5.13 Å². The van der Waals surface area contributed by atoms with Gasteiger partial charge in [-0.15, -0.1) is 11.3 Å². The van der Waals surface area contributed by atoms with Crippen molar-refractivity contribution >= 4 is 28.1 Å². The first-order valence-corrected chi connectivity index (χ1v) is 5.76. The molecule has 0 aliphatic rings. The second-order valence-corrected chi connectivity index (χ2v) is 4.41. The number of hydrogen-bond donors (Lipinski definition) is 3. The first kappa shape index (κ1) is 11.4. The molecule has 0 spiro atoms. The van der Waals surface area contributed by atoms with Crippen molar-refractivity contribution in [2.45, 2.75) is 6.92 Å². The van der Waals surface area contributed by atoms with E-state index in [-0.39, 0.29) is 11.7 Å². The molecule has 2 aromatic rings. The van der Waals surface area contributed by atoms with Crippen molar-refractivity contribution in [3.05, 3.63) is 34.8 Å². The highest BCUT2D eigenvalue weighted by molar-refractivity contribution is 7.13. The molecular weight excluding hydrogens is 238 g/mol. The van der Waals surface area contributed by atoms with Crippen molar-refractivity contribution in [3.63, 3.8) is 0 Å².